The zero-order valence-corrected chi connectivity index (χ0v) is 13.4. The first kappa shape index (κ1) is 17.0. The van der Waals surface area contributed by atoms with Crippen molar-refractivity contribution in [2.75, 3.05) is 13.3 Å². The van der Waals surface area contributed by atoms with E-state index in [2.05, 4.69) is 10.1 Å². The van der Waals surface area contributed by atoms with Crippen LogP contribution in [0.5, 0.6) is 5.75 Å². The average Bonchev–Trinajstić information content (AvgIpc) is 3.03. The van der Waals surface area contributed by atoms with Crippen LogP contribution in [-0.4, -0.2) is 28.1 Å². The fourth-order valence-electron chi connectivity index (χ4n) is 1.84. The predicted molar refractivity (Wildman–Crippen MR) is 80.8 cm³/mol. The summed E-state index contributed by atoms with van der Waals surface area (Å²) < 4.78 is 33.4. The lowest BCUT2D eigenvalue weighted by Gasteiger charge is -2.28. The number of ether oxygens (including phenoxy) is 1. The molecule has 1 unspecified atom stereocenters. The van der Waals surface area contributed by atoms with E-state index in [0.29, 0.717) is 15.8 Å². The van der Waals surface area contributed by atoms with Crippen LogP contribution in [0.3, 0.4) is 0 Å². The third-order valence-corrected chi connectivity index (χ3v) is 3.73. The fourth-order valence-corrected chi connectivity index (χ4v) is 2.29. The van der Waals surface area contributed by atoms with E-state index in [1.807, 2.05) is 0 Å². The predicted octanol–water partition coefficient (Wildman–Crippen LogP) is 4.50. The Labute approximate surface area is 137 Å². The first-order valence-corrected chi connectivity index (χ1v) is 7.31. The molecular weight excluding hydrogens is 335 g/mol. The van der Waals surface area contributed by atoms with Crippen LogP contribution < -0.4 is 4.74 Å². The molecule has 0 saturated carbocycles. The molecule has 8 heteroatoms. The third-order valence-electron chi connectivity index (χ3n) is 3.20. The Kier molecular flexibility index (Phi) is 5.58. The number of alkyl halides is 2. The van der Waals surface area contributed by atoms with Crippen molar-refractivity contribution in [1.29, 1.82) is 0 Å². The molecule has 4 nitrogen and oxygen atoms in total. The van der Waals surface area contributed by atoms with Crippen LogP contribution in [0.15, 0.2) is 30.9 Å². The molecule has 0 radical (unpaired) electrons. The van der Waals surface area contributed by atoms with Crippen molar-refractivity contribution < 1.29 is 13.5 Å². The maximum atomic E-state index is 13.1. The number of rotatable bonds is 7. The number of halogens is 4. The van der Waals surface area contributed by atoms with Gasteiger partial charge in [-0.1, -0.05) is 30.1 Å². The minimum absolute atomic E-state index is 0.0717. The third kappa shape index (κ3) is 4.08. The standard InChI is InChI=1S/C14H15Cl2F2N3O/c1-14(6-17,7-18)5-13(21-9-19-8-20-21)22-12-3-2-10(15)4-11(12)16/h2-4,8-9,13H,5-7H2,1H3. The van der Waals surface area contributed by atoms with Crippen molar-refractivity contribution in [2.45, 2.75) is 19.6 Å². The highest BCUT2D eigenvalue weighted by Gasteiger charge is 2.31. The molecule has 1 aromatic heterocycles. The summed E-state index contributed by atoms with van der Waals surface area (Å²) in [5, 5.41) is 4.75. The first-order valence-electron chi connectivity index (χ1n) is 6.55. The van der Waals surface area contributed by atoms with Crippen molar-refractivity contribution in [1.82, 2.24) is 14.8 Å². The van der Waals surface area contributed by atoms with Crippen LogP contribution >= 0.6 is 23.2 Å². The van der Waals surface area contributed by atoms with E-state index in [1.165, 1.54) is 30.3 Å². The lowest BCUT2D eigenvalue weighted by atomic mass is 9.89. The van der Waals surface area contributed by atoms with Crippen molar-refractivity contribution in [3.8, 4) is 5.75 Å². The molecular formula is C14H15Cl2F2N3O. The Morgan fingerprint density at radius 2 is 2.05 bits per heavy atom. The Morgan fingerprint density at radius 1 is 1.32 bits per heavy atom. The van der Waals surface area contributed by atoms with Crippen molar-refractivity contribution in [3.05, 3.63) is 40.9 Å². The Morgan fingerprint density at radius 3 is 2.59 bits per heavy atom. The van der Waals surface area contributed by atoms with Crippen LogP contribution in [0.4, 0.5) is 8.78 Å². The van der Waals surface area contributed by atoms with E-state index in [-0.39, 0.29) is 6.42 Å². The monoisotopic (exact) mass is 349 g/mol. The van der Waals surface area contributed by atoms with E-state index in [0.717, 1.165) is 0 Å². The van der Waals surface area contributed by atoms with Gasteiger partial charge in [0.1, 0.15) is 18.4 Å². The van der Waals surface area contributed by atoms with Gasteiger partial charge < -0.3 is 4.74 Å². The highest BCUT2D eigenvalue weighted by molar-refractivity contribution is 6.35. The average molecular weight is 350 g/mol. The fraction of sp³-hybridized carbons (Fsp3) is 0.429. The van der Waals surface area contributed by atoms with Gasteiger partial charge in [0.15, 0.2) is 6.23 Å². The summed E-state index contributed by atoms with van der Waals surface area (Å²) in [7, 11) is 0. The van der Waals surface area contributed by atoms with E-state index < -0.39 is 25.0 Å². The molecule has 0 amide bonds. The summed E-state index contributed by atoms with van der Waals surface area (Å²) in [6.07, 6.45) is 2.08. The molecule has 0 saturated heterocycles. The molecule has 0 spiro atoms. The van der Waals surface area contributed by atoms with E-state index >= 15 is 0 Å². The molecule has 1 aromatic carbocycles. The van der Waals surface area contributed by atoms with Gasteiger partial charge in [-0.2, -0.15) is 5.10 Å². The Hall–Kier alpha value is -1.40. The zero-order valence-electron chi connectivity index (χ0n) is 11.8. The van der Waals surface area contributed by atoms with Gasteiger partial charge in [0.05, 0.1) is 18.4 Å². The summed E-state index contributed by atoms with van der Waals surface area (Å²) in [6, 6.07) is 4.74. The normalized spacial score (nSPS) is 13.1. The second kappa shape index (κ2) is 7.24. The number of nitrogens with zero attached hydrogens (tertiary/aromatic N) is 3. The van der Waals surface area contributed by atoms with Gasteiger partial charge in [0.2, 0.25) is 0 Å². The van der Waals surface area contributed by atoms with Gasteiger partial charge in [-0.15, -0.1) is 0 Å². The molecule has 0 N–H and O–H groups in total. The van der Waals surface area contributed by atoms with Gasteiger partial charge in [-0.05, 0) is 18.2 Å². The number of hydrogen-bond donors (Lipinski definition) is 0. The van der Waals surface area contributed by atoms with Crippen molar-refractivity contribution in [2.24, 2.45) is 5.41 Å². The lowest BCUT2D eigenvalue weighted by Crippen LogP contribution is -2.30. The molecule has 2 rings (SSSR count). The molecule has 1 atom stereocenters. The van der Waals surface area contributed by atoms with Crippen LogP contribution in [-0.2, 0) is 0 Å². The minimum Gasteiger partial charge on any atom is -0.467 e. The summed E-state index contributed by atoms with van der Waals surface area (Å²) in [5.41, 5.74) is -1.17. The molecule has 2 aromatic rings. The highest BCUT2D eigenvalue weighted by Crippen LogP contribution is 2.35. The summed E-state index contributed by atoms with van der Waals surface area (Å²) in [6.45, 7) is -0.122. The molecule has 0 fully saturated rings. The van der Waals surface area contributed by atoms with E-state index in [4.69, 9.17) is 27.9 Å². The quantitative estimate of drug-likeness (QED) is 0.738. The molecule has 0 aliphatic rings. The van der Waals surface area contributed by atoms with E-state index in [1.54, 1.807) is 12.1 Å². The maximum Gasteiger partial charge on any atom is 0.194 e. The molecule has 1 heterocycles. The molecule has 0 aliphatic heterocycles. The zero-order chi connectivity index (χ0) is 16.2. The van der Waals surface area contributed by atoms with Crippen LogP contribution in [0.2, 0.25) is 10.0 Å². The van der Waals surface area contributed by atoms with Crippen molar-refractivity contribution in [3.63, 3.8) is 0 Å². The highest BCUT2D eigenvalue weighted by atomic mass is 35.5. The summed E-state index contributed by atoms with van der Waals surface area (Å²) >= 11 is 11.9. The second-order valence-corrected chi connectivity index (χ2v) is 6.15. The molecule has 0 bridgehead atoms. The molecule has 120 valence electrons. The van der Waals surface area contributed by atoms with Crippen molar-refractivity contribution >= 4 is 23.2 Å². The maximum absolute atomic E-state index is 13.1. The van der Waals surface area contributed by atoms with E-state index in [9.17, 15) is 8.78 Å². The number of hydrogen-bond acceptors (Lipinski definition) is 3. The Balaban J connectivity index is 2.25. The number of benzene rings is 1. The van der Waals surface area contributed by atoms with Crippen LogP contribution in [0, 0.1) is 5.41 Å². The van der Waals surface area contributed by atoms with Gasteiger partial charge in [0.25, 0.3) is 0 Å². The van der Waals surface area contributed by atoms with Gasteiger partial charge >= 0.3 is 0 Å². The SMILES string of the molecule is CC(CF)(CF)CC(Oc1ccc(Cl)cc1Cl)n1cncn1. The van der Waals surface area contributed by atoms with Gasteiger partial charge in [0, 0.05) is 16.9 Å². The van der Waals surface area contributed by atoms with Crippen LogP contribution in [0.25, 0.3) is 0 Å². The first-order chi connectivity index (χ1) is 10.5. The number of aromatic nitrogens is 3. The molecule has 22 heavy (non-hydrogen) atoms. The van der Waals surface area contributed by atoms with Crippen LogP contribution in [0.1, 0.15) is 19.6 Å². The molecule has 0 aliphatic carbocycles. The summed E-state index contributed by atoms with van der Waals surface area (Å²) in [4.78, 5) is 3.83. The smallest absolute Gasteiger partial charge is 0.194 e. The van der Waals surface area contributed by atoms with Gasteiger partial charge in [-0.25, -0.2) is 9.67 Å². The Bertz CT molecular complexity index is 606. The summed E-state index contributed by atoms with van der Waals surface area (Å²) in [5.74, 6) is 0.353. The second-order valence-electron chi connectivity index (χ2n) is 5.30. The largest absolute Gasteiger partial charge is 0.467 e. The minimum atomic E-state index is -1.17. The topological polar surface area (TPSA) is 39.9 Å². The lowest BCUT2D eigenvalue weighted by molar-refractivity contribution is 0.0360. The van der Waals surface area contributed by atoms with Gasteiger partial charge in [-0.3, -0.25) is 8.78 Å².